The molecule has 1 aromatic carbocycles. The first kappa shape index (κ1) is 17.4. The van der Waals surface area contributed by atoms with Gasteiger partial charge >= 0.3 is 0 Å². The van der Waals surface area contributed by atoms with Crippen molar-refractivity contribution in [3.8, 4) is 0 Å². The molecule has 1 N–H and O–H groups in total. The third-order valence-corrected chi connectivity index (χ3v) is 6.35. The number of aromatic nitrogens is 2. The number of benzene rings is 1. The molecule has 3 aromatic rings. The van der Waals surface area contributed by atoms with Gasteiger partial charge in [0.2, 0.25) is 5.91 Å². The minimum absolute atomic E-state index is 0.00516. The molecule has 28 heavy (non-hydrogen) atoms. The monoisotopic (exact) mass is 374 g/mol. The molecule has 2 aromatic heterocycles. The fourth-order valence-electron chi connectivity index (χ4n) is 4.77. The molecular weight excluding hydrogens is 348 g/mol. The van der Waals surface area contributed by atoms with E-state index in [1.165, 1.54) is 5.56 Å². The van der Waals surface area contributed by atoms with Crippen LogP contribution in [0.15, 0.2) is 54.9 Å². The summed E-state index contributed by atoms with van der Waals surface area (Å²) >= 11 is 0. The van der Waals surface area contributed by atoms with Gasteiger partial charge < -0.3 is 9.72 Å². The molecule has 2 aliphatic heterocycles. The topological polar surface area (TPSA) is 49.6 Å². The van der Waals surface area contributed by atoms with E-state index in [2.05, 4.69) is 58.2 Å². The highest BCUT2D eigenvalue weighted by Gasteiger charge is 2.46. The Kier molecular flexibility index (Phi) is 4.20. The molecule has 2 fully saturated rings. The van der Waals surface area contributed by atoms with Crippen LogP contribution in [0.4, 0.5) is 0 Å². The van der Waals surface area contributed by atoms with Crippen LogP contribution in [0.3, 0.4) is 0 Å². The summed E-state index contributed by atoms with van der Waals surface area (Å²) in [5.41, 5.74) is 4.45. The summed E-state index contributed by atoms with van der Waals surface area (Å²) in [5.74, 6) is 0.185. The van der Waals surface area contributed by atoms with E-state index in [4.69, 9.17) is 4.98 Å². The summed E-state index contributed by atoms with van der Waals surface area (Å²) in [6.45, 7) is 4.96. The van der Waals surface area contributed by atoms with Crippen molar-refractivity contribution < 1.29 is 4.79 Å². The summed E-state index contributed by atoms with van der Waals surface area (Å²) in [6, 6.07) is 14.4. The van der Waals surface area contributed by atoms with Gasteiger partial charge in [-0.15, -0.1) is 0 Å². The highest BCUT2D eigenvalue weighted by atomic mass is 16.2. The van der Waals surface area contributed by atoms with Gasteiger partial charge in [-0.2, -0.15) is 0 Å². The number of nitrogens with zero attached hydrogens (tertiary/aromatic N) is 3. The van der Waals surface area contributed by atoms with Crippen LogP contribution in [0, 0.1) is 6.92 Å². The van der Waals surface area contributed by atoms with Crippen LogP contribution >= 0.6 is 0 Å². The number of fused-ring (bicyclic) bond motifs is 1. The van der Waals surface area contributed by atoms with E-state index < -0.39 is 0 Å². The molecule has 0 radical (unpaired) electrons. The van der Waals surface area contributed by atoms with Crippen molar-refractivity contribution in [3.63, 3.8) is 0 Å². The van der Waals surface area contributed by atoms with Crippen molar-refractivity contribution in [2.75, 3.05) is 13.1 Å². The zero-order valence-corrected chi connectivity index (χ0v) is 16.3. The Labute approximate surface area is 165 Å². The largest absolute Gasteiger partial charge is 0.350 e. The van der Waals surface area contributed by atoms with Crippen molar-refractivity contribution in [1.29, 1.82) is 0 Å². The molecule has 2 aliphatic rings. The van der Waals surface area contributed by atoms with E-state index in [0.717, 1.165) is 55.8 Å². The van der Waals surface area contributed by atoms with E-state index in [1.54, 1.807) is 0 Å². The second kappa shape index (κ2) is 6.74. The minimum Gasteiger partial charge on any atom is -0.350 e. The minimum atomic E-state index is -0.0376. The molecule has 0 bridgehead atoms. The fraction of sp³-hybridized carbons (Fsp3) is 0.391. The third kappa shape index (κ3) is 3.20. The Bertz CT molecular complexity index is 1000. The van der Waals surface area contributed by atoms with Gasteiger partial charge in [0.1, 0.15) is 5.65 Å². The Morgan fingerprint density at radius 1 is 1.11 bits per heavy atom. The number of piperidine rings is 1. The van der Waals surface area contributed by atoms with Crippen LogP contribution in [-0.2, 0) is 11.3 Å². The predicted octanol–water partition coefficient (Wildman–Crippen LogP) is 3.28. The standard InChI is InChI=1S/C23H26N4O/c1-17-7-8-21-24-19(16-27(21)14-17)15-26-11-9-23(10-12-26)13-20(22(28)25-23)18-5-3-2-4-6-18/h2-8,14,16,20H,9-13,15H2,1H3,(H,25,28)/t20-/m0/s1. The molecule has 2 saturated heterocycles. The van der Waals surface area contributed by atoms with Crippen LogP contribution in [0.2, 0.25) is 0 Å². The molecule has 5 nitrogen and oxygen atoms in total. The summed E-state index contributed by atoms with van der Waals surface area (Å²) in [6.07, 6.45) is 7.19. The molecule has 144 valence electrons. The van der Waals surface area contributed by atoms with Crippen molar-refractivity contribution in [1.82, 2.24) is 19.6 Å². The summed E-state index contributed by atoms with van der Waals surface area (Å²) in [7, 11) is 0. The fourth-order valence-corrected chi connectivity index (χ4v) is 4.77. The highest BCUT2D eigenvalue weighted by Crippen LogP contribution is 2.39. The second-order valence-corrected chi connectivity index (χ2v) is 8.42. The maximum absolute atomic E-state index is 12.6. The molecule has 1 spiro atoms. The first-order valence-corrected chi connectivity index (χ1v) is 10.1. The number of hydrogen-bond donors (Lipinski definition) is 1. The summed E-state index contributed by atoms with van der Waals surface area (Å²) in [5, 5.41) is 3.34. The number of hydrogen-bond acceptors (Lipinski definition) is 3. The van der Waals surface area contributed by atoms with Crippen molar-refractivity contribution >= 4 is 11.6 Å². The van der Waals surface area contributed by atoms with Crippen LogP contribution in [-0.4, -0.2) is 38.8 Å². The number of amides is 1. The van der Waals surface area contributed by atoms with Crippen LogP contribution in [0.1, 0.15) is 42.0 Å². The number of likely N-dealkylation sites (tertiary alicyclic amines) is 1. The van der Waals surface area contributed by atoms with Crippen LogP contribution in [0.5, 0.6) is 0 Å². The average molecular weight is 374 g/mol. The van der Waals surface area contributed by atoms with Crippen LogP contribution in [0.25, 0.3) is 5.65 Å². The number of nitrogens with one attached hydrogen (secondary N) is 1. The van der Waals surface area contributed by atoms with Gasteiger partial charge in [0.25, 0.3) is 0 Å². The third-order valence-electron chi connectivity index (χ3n) is 6.35. The predicted molar refractivity (Wildman–Crippen MR) is 109 cm³/mol. The number of aryl methyl sites for hydroxylation is 1. The lowest BCUT2D eigenvalue weighted by Gasteiger charge is -2.39. The van der Waals surface area contributed by atoms with Crippen molar-refractivity contribution in [2.24, 2.45) is 0 Å². The molecule has 0 unspecified atom stereocenters. The van der Waals surface area contributed by atoms with Gasteiger partial charge in [0.15, 0.2) is 0 Å². The van der Waals surface area contributed by atoms with E-state index in [0.29, 0.717) is 0 Å². The number of carbonyl (C=O) groups excluding carboxylic acids is 1. The molecule has 4 heterocycles. The van der Waals surface area contributed by atoms with E-state index in [9.17, 15) is 4.79 Å². The molecule has 5 rings (SSSR count). The van der Waals surface area contributed by atoms with Crippen molar-refractivity contribution in [3.05, 3.63) is 71.7 Å². The van der Waals surface area contributed by atoms with Gasteiger partial charge in [-0.3, -0.25) is 9.69 Å². The number of pyridine rings is 1. The Hall–Kier alpha value is -2.66. The second-order valence-electron chi connectivity index (χ2n) is 8.42. The van der Waals surface area contributed by atoms with E-state index >= 15 is 0 Å². The summed E-state index contributed by atoms with van der Waals surface area (Å²) < 4.78 is 2.11. The smallest absolute Gasteiger partial charge is 0.228 e. The van der Waals surface area contributed by atoms with Crippen molar-refractivity contribution in [2.45, 2.75) is 44.2 Å². The van der Waals surface area contributed by atoms with Gasteiger partial charge in [0, 0.05) is 37.6 Å². The van der Waals surface area contributed by atoms with Gasteiger partial charge in [-0.25, -0.2) is 4.98 Å². The quantitative estimate of drug-likeness (QED) is 0.765. The molecule has 5 heteroatoms. The first-order chi connectivity index (χ1) is 13.6. The number of rotatable bonds is 3. The molecule has 0 aliphatic carbocycles. The van der Waals surface area contributed by atoms with Gasteiger partial charge in [-0.05, 0) is 43.4 Å². The molecular formula is C23H26N4O. The lowest BCUT2D eigenvalue weighted by molar-refractivity contribution is -0.121. The zero-order valence-electron chi connectivity index (χ0n) is 16.3. The zero-order chi connectivity index (χ0) is 19.1. The van der Waals surface area contributed by atoms with E-state index in [-0.39, 0.29) is 17.4 Å². The Morgan fingerprint density at radius 2 is 1.89 bits per heavy atom. The lowest BCUT2D eigenvalue weighted by atomic mass is 9.82. The normalized spacial score (nSPS) is 22.0. The number of carbonyl (C=O) groups is 1. The maximum atomic E-state index is 12.6. The average Bonchev–Trinajstić information content (AvgIpc) is 3.24. The Morgan fingerprint density at radius 3 is 2.68 bits per heavy atom. The van der Waals surface area contributed by atoms with Gasteiger partial charge in [-0.1, -0.05) is 36.4 Å². The maximum Gasteiger partial charge on any atom is 0.228 e. The Balaban J connectivity index is 1.24. The first-order valence-electron chi connectivity index (χ1n) is 10.1. The summed E-state index contributed by atoms with van der Waals surface area (Å²) in [4.78, 5) is 19.8. The van der Waals surface area contributed by atoms with E-state index in [1.807, 2.05) is 18.2 Å². The molecule has 1 atom stereocenters. The molecule has 0 saturated carbocycles. The van der Waals surface area contributed by atoms with Gasteiger partial charge in [0.05, 0.1) is 11.6 Å². The molecule has 1 amide bonds. The lowest BCUT2D eigenvalue weighted by Crippen LogP contribution is -2.50. The van der Waals surface area contributed by atoms with Crippen LogP contribution < -0.4 is 5.32 Å². The highest BCUT2D eigenvalue weighted by molar-refractivity contribution is 5.87. The number of imidazole rings is 1. The SMILES string of the molecule is Cc1ccc2nc(CN3CCC4(CC3)C[C@@H](c3ccccc3)C(=O)N4)cn2c1.